The molecule has 0 bridgehead atoms. The quantitative estimate of drug-likeness (QED) is 0.869. The van der Waals surface area contributed by atoms with E-state index in [1.54, 1.807) is 12.1 Å². The van der Waals surface area contributed by atoms with Crippen molar-refractivity contribution in [3.8, 4) is 0 Å². The molecule has 0 aliphatic heterocycles. The molecule has 1 heterocycles. The van der Waals surface area contributed by atoms with Crippen LogP contribution in [0.2, 0.25) is 0 Å². The lowest BCUT2D eigenvalue weighted by Gasteiger charge is -2.09. The van der Waals surface area contributed by atoms with Gasteiger partial charge in [-0.3, -0.25) is 9.82 Å². The number of sulfonamides is 1. The summed E-state index contributed by atoms with van der Waals surface area (Å²) in [7, 11) is -3.55. The lowest BCUT2D eigenvalue weighted by molar-refractivity contribution is 0.601. The van der Waals surface area contributed by atoms with Gasteiger partial charge in [0.15, 0.2) is 0 Å². The highest BCUT2D eigenvalue weighted by Gasteiger charge is 2.16. The Balaban J connectivity index is 2.33. The zero-order valence-corrected chi connectivity index (χ0v) is 10.2. The molecule has 0 unspecified atom stereocenters. The number of aromatic amines is 1. The van der Waals surface area contributed by atoms with Gasteiger partial charge in [0.05, 0.1) is 11.9 Å². The minimum Gasteiger partial charge on any atom is -0.284 e. The second-order valence-electron chi connectivity index (χ2n) is 3.55. The molecule has 0 radical (unpaired) electrons. The Hall–Kier alpha value is -1.82. The maximum atomic E-state index is 12.0. The molecular weight excluding hydrogens is 238 g/mol. The Bertz CT molecular complexity index is 591. The molecule has 0 aliphatic carbocycles. The molecule has 0 saturated heterocycles. The van der Waals surface area contributed by atoms with Gasteiger partial charge >= 0.3 is 0 Å². The van der Waals surface area contributed by atoms with Crippen LogP contribution in [0.5, 0.6) is 0 Å². The van der Waals surface area contributed by atoms with Crippen LogP contribution in [-0.4, -0.2) is 18.6 Å². The average Bonchev–Trinajstić information content (AvgIpc) is 2.83. The predicted octanol–water partition coefficient (Wildman–Crippen LogP) is 1.77. The first-order chi connectivity index (χ1) is 8.13. The molecule has 0 amide bonds. The highest BCUT2D eigenvalue weighted by atomic mass is 32.2. The van der Waals surface area contributed by atoms with Crippen LogP contribution < -0.4 is 4.72 Å². The van der Waals surface area contributed by atoms with Gasteiger partial charge in [-0.05, 0) is 18.1 Å². The molecular formula is C11H13N3O2S. The van der Waals surface area contributed by atoms with Crippen molar-refractivity contribution in [3.05, 3.63) is 42.2 Å². The second kappa shape index (κ2) is 4.58. The molecule has 2 N–H and O–H groups in total. The standard InChI is InChI=1S/C11H13N3O2S/c1-2-9-5-3-4-6-11(9)14-17(15,16)10-7-12-13-8-10/h3-8,14H,2H2,1H3,(H,12,13). The molecule has 5 nitrogen and oxygen atoms in total. The fourth-order valence-electron chi connectivity index (χ4n) is 1.52. The van der Waals surface area contributed by atoms with Gasteiger partial charge in [0.1, 0.15) is 4.90 Å². The Morgan fingerprint density at radius 2 is 2.12 bits per heavy atom. The third-order valence-corrected chi connectivity index (χ3v) is 3.76. The first kappa shape index (κ1) is 11.7. The number of aromatic nitrogens is 2. The van der Waals surface area contributed by atoms with Crippen LogP contribution in [0.15, 0.2) is 41.6 Å². The first-order valence-corrected chi connectivity index (χ1v) is 6.71. The second-order valence-corrected chi connectivity index (χ2v) is 5.23. The van der Waals surface area contributed by atoms with E-state index < -0.39 is 10.0 Å². The van der Waals surface area contributed by atoms with Gasteiger partial charge < -0.3 is 0 Å². The normalized spacial score (nSPS) is 11.4. The molecule has 1 aromatic carbocycles. The maximum absolute atomic E-state index is 12.0. The van der Waals surface area contributed by atoms with Crippen LogP contribution in [0, 0.1) is 0 Å². The molecule has 6 heteroatoms. The van der Waals surface area contributed by atoms with Gasteiger partial charge in [-0.1, -0.05) is 25.1 Å². The Labute approximate surface area is 99.9 Å². The summed E-state index contributed by atoms with van der Waals surface area (Å²) in [6, 6.07) is 7.32. The maximum Gasteiger partial charge on any atom is 0.265 e. The lowest BCUT2D eigenvalue weighted by Crippen LogP contribution is -2.13. The van der Waals surface area contributed by atoms with Gasteiger partial charge in [-0.15, -0.1) is 0 Å². The number of hydrogen-bond donors (Lipinski definition) is 2. The topological polar surface area (TPSA) is 74.8 Å². The number of benzene rings is 1. The smallest absolute Gasteiger partial charge is 0.265 e. The van der Waals surface area contributed by atoms with Crippen molar-refractivity contribution in [1.82, 2.24) is 10.2 Å². The number of para-hydroxylation sites is 1. The largest absolute Gasteiger partial charge is 0.284 e. The van der Waals surface area contributed by atoms with Crippen LogP contribution in [0.4, 0.5) is 5.69 Å². The fraction of sp³-hybridized carbons (Fsp3) is 0.182. The Morgan fingerprint density at radius 1 is 1.35 bits per heavy atom. The zero-order chi connectivity index (χ0) is 12.3. The highest BCUT2D eigenvalue weighted by Crippen LogP contribution is 2.19. The molecule has 0 spiro atoms. The minimum atomic E-state index is -3.55. The van der Waals surface area contributed by atoms with Crippen LogP contribution >= 0.6 is 0 Å². The molecule has 2 rings (SSSR count). The average molecular weight is 251 g/mol. The number of aryl methyl sites for hydroxylation is 1. The van der Waals surface area contributed by atoms with Gasteiger partial charge in [-0.2, -0.15) is 5.10 Å². The van der Waals surface area contributed by atoms with Crippen molar-refractivity contribution in [3.63, 3.8) is 0 Å². The molecule has 17 heavy (non-hydrogen) atoms. The number of nitrogens with one attached hydrogen (secondary N) is 2. The lowest BCUT2D eigenvalue weighted by atomic mass is 10.1. The number of anilines is 1. The molecule has 0 fully saturated rings. The van der Waals surface area contributed by atoms with E-state index in [0.29, 0.717) is 5.69 Å². The van der Waals surface area contributed by atoms with E-state index in [9.17, 15) is 8.42 Å². The summed E-state index contributed by atoms with van der Waals surface area (Å²) in [4.78, 5) is 0.128. The highest BCUT2D eigenvalue weighted by molar-refractivity contribution is 7.92. The number of nitrogens with zero attached hydrogens (tertiary/aromatic N) is 1. The molecule has 2 aromatic rings. The molecule has 90 valence electrons. The third-order valence-electron chi connectivity index (χ3n) is 2.43. The van der Waals surface area contributed by atoms with Crippen molar-refractivity contribution in [1.29, 1.82) is 0 Å². The van der Waals surface area contributed by atoms with Gasteiger partial charge in [0.25, 0.3) is 10.0 Å². The van der Waals surface area contributed by atoms with Crippen molar-refractivity contribution in [2.45, 2.75) is 18.2 Å². The summed E-state index contributed by atoms with van der Waals surface area (Å²) in [5, 5.41) is 6.11. The first-order valence-electron chi connectivity index (χ1n) is 5.23. The fourth-order valence-corrected chi connectivity index (χ4v) is 2.52. The van der Waals surface area contributed by atoms with E-state index in [4.69, 9.17) is 0 Å². The SMILES string of the molecule is CCc1ccccc1NS(=O)(=O)c1cn[nH]c1. The molecule has 0 aliphatic rings. The van der Waals surface area contributed by atoms with Crippen molar-refractivity contribution in [2.24, 2.45) is 0 Å². The summed E-state index contributed by atoms with van der Waals surface area (Å²) < 4.78 is 26.5. The monoisotopic (exact) mass is 251 g/mol. The van der Waals surface area contributed by atoms with Crippen LogP contribution in [0.25, 0.3) is 0 Å². The van der Waals surface area contributed by atoms with Crippen molar-refractivity contribution >= 4 is 15.7 Å². The van der Waals surface area contributed by atoms with Gasteiger partial charge in [-0.25, -0.2) is 8.42 Å². The predicted molar refractivity (Wildman–Crippen MR) is 65.2 cm³/mol. The summed E-state index contributed by atoms with van der Waals surface area (Å²) in [5.74, 6) is 0. The zero-order valence-electron chi connectivity index (χ0n) is 9.34. The van der Waals surface area contributed by atoms with Crippen molar-refractivity contribution < 1.29 is 8.42 Å². The number of hydrogen-bond acceptors (Lipinski definition) is 3. The summed E-state index contributed by atoms with van der Waals surface area (Å²) in [6.45, 7) is 1.98. The molecule has 1 aromatic heterocycles. The van der Waals surface area contributed by atoms with Crippen molar-refractivity contribution in [2.75, 3.05) is 4.72 Å². The van der Waals surface area contributed by atoms with E-state index in [1.807, 2.05) is 19.1 Å². The molecule has 0 atom stereocenters. The summed E-state index contributed by atoms with van der Waals surface area (Å²) in [6.07, 6.45) is 3.39. The van der Waals surface area contributed by atoms with Gasteiger partial charge in [0.2, 0.25) is 0 Å². The van der Waals surface area contributed by atoms with E-state index in [-0.39, 0.29) is 4.90 Å². The number of H-pyrrole nitrogens is 1. The summed E-state index contributed by atoms with van der Waals surface area (Å²) in [5.41, 5.74) is 1.57. The molecule has 0 saturated carbocycles. The summed E-state index contributed by atoms with van der Waals surface area (Å²) >= 11 is 0. The van der Waals surface area contributed by atoms with E-state index in [2.05, 4.69) is 14.9 Å². The van der Waals surface area contributed by atoms with E-state index >= 15 is 0 Å². The van der Waals surface area contributed by atoms with Crippen LogP contribution in [0.3, 0.4) is 0 Å². The number of rotatable bonds is 4. The Morgan fingerprint density at radius 3 is 2.76 bits per heavy atom. The Kier molecular flexibility index (Phi) is 3.14. The van der Waals surface area contributed by atoms with E-state index in [1.165, 1.54) is 12.4 Å². The van der Waals surface area contributed by atoms with Gasteiger partial charge in [0, 0.05) is 6.20 Å². The van der Waals surface area contributed by atoms with Crippen LogP contribution in [-0.2, 0) is 16.4 Å². The third kappa shape index (κ3) is 2.47. The van der Waals surface area contributed by atoms with Crippen LogP contribution in [0.1, 0.15) is 12.5 Å². The minimum absolute atomic E-state index is 0.128. The van der Waals surface area contributed by atoms with E-state index in [0.717, 1.165) is 12.0 Å².